The van der Waals surface area contributed by atoms with Gasteiger partial charge in [-0.3, -0.25) is 4.98 Å². The van der Waals surface area contributed by atoms with E-state index in [2.05, 4.69) is 50.8 Å². The molecule has 2 N–H and O–H groups in total. The van der Waals surface area contributed by atoms with Gasteiger partial charge in [-0.05, 0) is 48.2 Å². The molecular formula is C18H22N4S2. The topological polar surface area (TPSA) is 45.4 Å². The molecule has 2 atom stereocenters. The van der Waals surface area contributed by atoms with Crippen LogP contribution in [-0.2, 0) is 0 Å². The van der Waals surface area contributed by atoms with E-state index in [9.17, 15) is 0 Å². The van der Waals surface area contributed by atoms with Crippen LogP contribution in [0.5, 0.6) is 0 Å². The SMILES string of the molecule is Cc1csc(C2SC=CN2c2cnccc2N2CCCC(N)C2)c1. The van der Waals surface area contributed by atoms with Gasteiger partial charge in [0.15, 0.2) is 0 Å². The van der Waals surface area contributed by atoms with Crippen molar-refractivity contribution in [2.75, 3.05) is 22.9 Å². The number of aryl methyl sites for hydroxylation is 1. The van der Waals surface area contributed by atoms with Gasteiger partial charge in [0, 0.05) is 36.4 Å². The summed E-state index contributed by atoms with van der Waals surface area (Å²) in [6.07, 6.45) is 8.32. The lowest BCUT2D eigenvalue weighted by atomic mass is 10.1. The molecule has 0 amide bonds. The van der Waals surface area contributed by atoms with Crippen LogP contribution in [0.25, 0.3) is 0 Å². The maximum absolute atomic E-state index is 6.20. The molecule has 4 nitrogen and oxygen atoms in total. The highest BCUT2D eigenvalue weighted by Gasteiger charge is 2.28. The number of rotatable bonds is 3. The first kappa shape index (κ1) is 16.0. The first-order chi connectivity index (χ1) is 11.7. The average Bonchev–Trinajstić information content (AvgIpc) is 3.23. The Morgan fingerprint density at radius 1 is 1.33 bits per heavy atom. The predicted molar refractivity (Wildman–Crippen MR) is 105 cm³/mol. The van der Waals surface area contributed by atoms with Crippen LogP contribution in [0, 0.1) is 6.92 Å². The molecule has 0 aromatic carbocycles. The van der Waals surface area contributed by atoms with Gasteiger partial charge in [-0.1, -0.05) is 0 Å². The Balaban J connectivity index is 1.67. The smallest absolute Gasteiger partial charge is 0.118 e. The zero-order chi connectivity index (χ0) is 16.5. The summed E-state index contributed by atoms with van der Waals surface area (Å²) in [7, 11) is 0. The van der Waals surface area contributed by atoms with Crippen LogP contribution in [0.1, 0.15) is 28.7 Å². The Labute approximate surface area is 151 Å². The van der Waals surface area contributed by atoms with Crippen LogP contribution in [0.15, 0.2) is 41.5 Å². The molecule has 2 aromatic rings. The minimum atomic E-state index is 0.263. The first-order valence-corrected chi connectivity index (χ1v) is 10.1. The number of hydrogen-bond acceptors (Lipinski definition) is 6. The molecule has 0 radical (unpaired) electrons. The minimum absolute atomic E-state index is 0.263. The fourth-order valence-corrected chi connectivity index (χ4v) is 5.46. The predicted octanol–water partition coefficient (Wildman–Crippen LogP) is 4.10. The molecule has 4 heterocycles. The third-order valence-corrected chi connectivity index (χ3v) is 6.80. The van der Waals surface area contributed by atoms with Crippen LogP contribution < -0.4 is 15.5 Å². The molecule has 6 heteroatoms. The summed E-state index contributed by atoms with van der Waals surface area (Å²) in [5.41, 5.74) is 9.94. The van der Waals surface area contributed by atoms with E-state index in [1.807, 2.05) is 35.5 Å². The molecule has 24 heavy (non-hydrogen) atoms. The van der Waals surface area contributed by atoms with Gasteiger partial charge in [-0.2, -0.15) is 0 Å². The van der Waals surface area contributed by atoms with Gasteiger partial charge in [-0.25, -0.2) is 0 Å². The standard InChI is InChI=1S/C18H22N4S2/c1-13-9-17(24-12-13)18-22(7-8-23-18)16-10-20-5-4-15(16)21-6-2-3-14(19)11-21/h4-5,7-10,12,14,18H,2-3,6,11,19H2,1H3. The molecule has 2 aromatic heterocycles. The zero-order valence-electron chi connectivity index (χ0n) is 13.8. The summed E-state index contributed by atoms with van der Waals surface area (Å²) in [4.78, 5) is 10.5. The Kier molecular flexibility index (Phi) is 4.52. The molecule has 0 aliphatic carbocycles. The number of anilines is 2. The van der Waals surface area contributed by atoms with Gasteiger partial charge in [0.2, 0.25) is 0 Å². The molecule has 0 saturated carbocycles. The number of pyridine rings is 1. The quantitative estimate of drug-likeness (QED) is 0.895. The monoisotopic (exact) mass is 358 g/mol. The van der Waals surface area contributed by atoms with Gasteiger partial charge in [0.05, 0.1) is 17.6 Å². The molecule has 0 bridgehead atoms. The summed E-state index contributed by atoms with van der Waals surface area (Å²) in [6.45, 7) is 4.14. The van der Waals surface area contributed by atoms with E-state index < -0.39 is 0 Å². The van der Waals surface area contributed by atoms with Crippen LogP contribution in [0.4, 0.5) is 11.4 Å². The number of nitrogens with zero attached hydrogens (tertiary/aromatic N) is 3. The number of thiophene rings is 1. The van der Waals surface area contributed by atoms with Crippen molar-refractivity contribution in [1.82, 2.24) is 4.98 Å². The van der Waals surface area contributed by atoms with Crippen molar-refractivity contribution in [2.24, 2.45) is 5.73 Å². The van der Waals surface area contributed by atoms with E-state index in [0.29, 0.717) is 5.37 Å². The molecule has 2 aliphatic rings. The van der Waals surface area contributed by atoms with Crippen molar-refractivity contribution in [3.8, 4) is 0 Å². The number of thioether (sulfide) groups is 1. The Morgan fingerprint density at radius 2 is 2.25 bits per heavy atom. The number of hydrogen-bond donors (Lipinski definition) is 1. The highest BCUT2D eigenvalue weighted by Crippen LogP contribution is 2.46. The van der Waals surface area contributed by atoms with Crippen molar-refractivity contribution in [1.29, 1.82) is 0 Å². The summed E-state index contributed by atoms with van der Waals surface area (Å²) in [5, 5.41) is 4.70. The van der Waals surface area contributed by atoms with Crippen LogP contribution in [0.3, 0.4) is 0 Å². The Bertz CT molecular complexity index is 742. The van der Waals surface area contributed by atoms with E-state index in [1.165, 1.54) is 21.8 Å². The van der Waals surface area contributed by atoms with Crippen molar-refractivity contribution < 1.29 is 0 Å². The molecular weight excluding hydrogens is 336 g/mol. The summed E-state index contributed by atoms with van der Waals surface area (Å²) < 4.78 is 0. The second-order valence-electron chi connectivity index (χ2n) is 6.42. The molecule has 2 unspecified atom stereocenters. The summed E-state index contributed by atoms with van der Waals surface area (Å²) >= 11 is 3.68. The molecule has 2 aliphatic heterocycles. The lowest BCUT2D eigenvalue weighted by Gasteiger charge is -2.36. The maximum Gasteiger partial charge on any atom is 0.118 e. The summed E-state index contributed by atoms with van der Waals surface area (Å²) in [5.74, 6) is 0. The fourth-order valence-electron chi connectivity index (χ4n) is 3.39. The van der Waals surface area contributed by atoms with Crippen LogP contribution in [-0.4, -0.2) is 24.1 Å². The van der Waals surface area contributed by atoms with E-state index in [1.54, 1.807) is 0 Å². The molecule has 0 spiro atoms. The van der Waals surface area contributed by atoms with Gasteiger partial charge in [-0.15, -0.1) is 23.1 Å². The third kappa shape index (κ3) is 3.06. The Morgan fingerprint density at radius 3 is 3.04 bits per heavy atom. The Hall–Kier alpha value is -1.50. The van der Waals surface area contributed by atoms with Gasteiger partial charge >= 0.3 is 0 Å². The second-order valence-corrected chi connectivity index (χ2v) is 8.35. The minimum Gasteiger partial charge on any atom is -0.368 e. The van der Waals surface area contributed by atoms with Gasteiger partial charge in [0.1, 0.15) is 5.37 Å². The maximum atomic E-state index is 6.20. The lowest BCUT2D eigenvalue weighted by Crippen LogP contribution is -2.43. The van der Waals surface area contributed by atoms with E-state index in [4.69, 9.17) is 5.73 Å². The summed E-state index contributed by atoms with van der Waals surface area (Å²) in [6, 6.07) is 4.68. The lowest BCUT2D eigenvalue weighted by molar-refractivity contribution is 0.506. The fraction of sp³-hybridized carbons (Fsp3) is 0.389. The highest BCUT2D eigenvalue weighted by atomic mass is 32.2. The van der Waals surface area contributed by atoms with Gasteiger partial charge < -0.3 is 15.5 Å². The second kappa shape index (κ2) is 6.78. The van der Waals surface area contributed by atoms with E-state index in [0.717, 1.165) is 25.9 Å². The number of piperidine rings is 1. The molecule has 126 valence electrons. The van der Waals surface area contributed by atoms with Crippen molar-refractivity contribution in [3.05, 3.63) is 52.0 Å². The number of nitrogens with two attached hydrogens (primary N) is 1. The van der Waals surface area contributed by atoms with E-state index in [-0.39, 0.29) is 6.04 Å². The van der Waals surface area contributed by atoms with Crippen molar-refractivity contribution >= 4 is 34.5 Å². The van der Waals surface area contributed by atoms with Crippen molar-refractivity contribution in [3.63, 3.8) is 0 Å². The normalized spacial score (nSPS) is 23.9. The number of aromatic nitrogens is 1. The van der Waals surface area contributed by atoms with E-state index >= 15 is 0 Å². The van der Waals surface area contributed by atoms with Crippen LogP contribution in [0.2, 0.25) is 0 Å². The molecule has 1 fully saturated rings. The van der Waals surface area contributed by atoms with Crippen molar-refractivity contribution in [2.45, 2.75) is 31.2 Å². The highest BCUT2D eigenvalue weighted by molar-refractivity contribution is 8.02. The largest absolute Gasteiger partial charge is 0.368 e. The van der Waals surface area contributed by atoms with Gasteiger partial charge in [0.25, 0.3) is 0 Å². The molecule has 1 saturated heterocycles. The first-order valence-electron chi connectivity index (χ1n) is 8.32. The van der Waals surface area contributed by atoms with Crippen LogP contribution >= 0.6 is 23.1 Å². The zero-order valence-corrected chi connectivity index (χ0v) is 15.4. The third-order valence-electron chi connectivity index (χ3n) is 4.53. The average molecular weight is 359 g/mol. The molecule has 4 rings (SSSR count).